The molecule has 0 bridgehead atoms. The Morgan fingerprint density at radius 2 is 2.11 bits per heavy atom. The highest BCUT2D eigenvalue weighted by atomic mass is 32.1. The van der Waals surface area contributed by atoms with Crippen LogP contribution in [-0.2, 0) is 0 Å². The van der Waals surface area contributed by atoms with Gasteiger partial charge in [0.1, 0.15) is 0 Å². The van der Waals surface area contributed by atoms with Gasteiger partial charge in [0.15, 0.2) is 10.2 Å². The summed E-state index contributed by atoms with van der Waals surface area (Å²) in [7, 11) is 0. The predicted molar refractivity (Wildman–Crippen MR) is 85.7 cm³/mol. The first-order chi connectivity index (χ1) is 9.19. The van der Waals surface area contributed by atoms with Crippen molar-refractivity contribution in [2.45, 2.75) is 26.3 Å². The number of nitrogens with one attached hydrogen (secondary N) is 2. The van der Waals surface area contributed by atoms with Crippen molar-refractivity contribution in [3.8, 4) is 0 Å². The molecule has 0 spiro atoms. The zero-order chi connectivity index (χ0) is 13.7. The van der Waals surface area contributed by atoms with Gasteiger partial charge in [0, 0.05) is 5.38 Å². The monoisotopic (exact) mass is 291 g/mol. The molecule has 2 N–H and O–H groups in total. The lowest BCUT2D eigenvalue weighted by Gasteiger charge is -2.19. The number of benzene rings is 1. The molecule has 0 saturated heterocycles. The fourth-order valence-corrected chi connectivity index (χ4v) is 2.81. The summed E-state index contributed by atoms with van der Waals surface area (Å²) in [6, 6.07) is 10.5. The molecule has 0 aliphatic rings. The van der Waals surface area contributed by atoms with E-state index < -0.39 is 0 Å². The van der Waals surface area contributed by atoms with Gasteiger partial charge in [-0.15, -0.1) is 11.3 Å². The second kappa shape index (κ2) is 6.63. The average molecular weight is 291 g/mol. The van der Waals surface area contributed by atoms with Crippen LogP contribution in [0.3, 0.4) is 0 Å². The number of nitrogens with zero attached hydrogens (tertiary/aromatic N) is 1. The quantitative estimate of drug-likeness (QED) is 0.838. The summed E-state index contributed by atoms with van der Waals surface area (Å²) in [5.41, 5.74) is 2.25. The van der Waals surface area contributed by atoms with E-state index in [1.807, 2.05) is 30.5 Å². The summed E-state index contributed by atoms with van der Waals surface area (Å²) in [6.07, 6.45) is 0.975. The minimum Gasteiger partial charge on any atom is -0.356 e. The Balaban J connectivity index is 1.97. The average Bonchev–Trinajstić information content (AvgIpc) is 2.82. The van der Waals surface area contributed by atoms with Crippen LogP contribution >= 0.6 is 23.6 Å². The molecule has 0 amide bonds. The highest BCUT2D eigenvalue weighted by Crippen LogP contribution is 2.17. The molecular weight excluding hydrogens is 274 g/mol. The Morgan fingerprint density at radius 1 is 1.37 bits per heavy atom. The first-order valence-corrected chi connectivity index (χ1v) is 7.52. The Bertz CT molecular complexity index is 537. The number of hydrogen-bond acceptors (Lipinski definition) is 3. The summed E-state index contributed by atoms with van der Waals surface area (Å²) in [6.45, 7) is 4.11. The standard InChI is InChI=1S/C14H17N3S2/c1-3-12(11-7-5-4-6-8-11)16-13(18)17-14-15-10(2)9-19-14/h4-9,12H,3H2,1-2H3,(H2,15,16,17,18). The number of thiazole rings is 1. The van der Waals surface area contributed by atoms with Gasteiger partial charge in [-0.25, -0.2) is 4.98 Å². The van der Waals surface area contributed by atoms with E-state index in [1.165, 1.54) is 5.56 Å². The number of hydrogen-bond donors (Lipinski definition) is 2. The summed E-state index contributed by atoms with van der Waals surface area (Å²) in [5.74, 6) is 0. The molecule has 3 nitrogen and oxygen atoms in total. The molecule has 0 aliphatic heterocycles. The van der Waals surface area contributed by atoms with Crippen molar-refractivity contribution in [1.29, 1.82) is 0 Å². The van der Waals surface area contributed by atoms with Crippen molar-refractivity contribution < 1.29 is 0 Å². The minimum absolute atomic E-state index is 0.224. The largest absolute Gasteiger partial charge is 0.356 e. The van der Waals surface area contributed by atoms with E-state index in [9.17, 15) is 0 Å². The Labute approximate surface area is 123 Å². The third-order valence-electron chi connectivity index (χ3n) is 2.75. The second-order valence-electron chi connectivity index (χ2n) is 4.26. The third-order valence-corrected chi connectivity index (χ3v) is 3.85. The van der Waals surface area contributed by atoms with Gasteiger partial charge in [-0.2, -0.15) is 0 Å². The highest BCUT2D eigenvalue weighted by molar-refractivity contribution is 7.80. The van der Waals surface area contributed by atoms with E-state index in [1.54, 1.807) is 11.3 Å². The van der Waals surface area contributed by atoms with E-state index in [0.29, 0.717) is 5.11 Å². The predicted octanol–water partition coefficient (Wildman–Crippen LogP) is 3.89. The van der Waals surface area contributed by atoms with E-state index in [2.05, 4.69) is 34.7 Å². The van der Waals surface area contributed by atoms with Crippen LogP contribution in [-0.4, -0.2) is 10.1 Å². The summed E-state index contributed by atoms with van der Waals surface area (Å²) in [5, 5.41) is 9.90. The second-order valence-corrected chi connectivity index (χ2v) is 5.53. The fraction of sp³-hybridized carbons (Fsp3) is 0.286. The van der Waals surface area contributed by atoms with Crippen molar-refractivity contribution in [1.82, 2.24) is 10.3 Å². The Morgan fingerprint density at radius 3 is 2.68 bits per heavy atom. The van der Waals surface area contributed by atoms with Crippen LogP contribution < -0.4 is 10.6 Å². The van der Waals surface area contributed by atoms with Crippen molar-refractivity contribution >= 4 is 33.8 Å². The first-order valence-electron chi connectivity index (χ1n) is 6.23. The first kappa shape index (κ1) is 14.0. The molecule has 0 aliphatic carbocycles. The molecule has 0 saturated carbocycles. The van der Waals surface area contributed by atoms with Crippen LogP contribution in [0.15, 0.2) is 35.7 Å². The van der Waals surface area contributed by atoms with E-state index >= 15 is 0 Å². The van der Waals surface area contributed by atoms with Crippen LogP contribution in [0.4, 0.5) is 5.13 Å². The minimum atomic E-state index is 0.224. The summed E-state index contributed by atoms with van der Waals surface area (Å²) < 4.78 is 0. The smallest absolute Gasteiger partial charge is 0.189 e. The van der Waals surface area contributed by atoms with Crippen LogP contribution in [0.2, 0.25) is 0 Å². The molecule has 1 aromatic carbocycles. The normalized spacial score (nSPS) is 11.9. The van der Waals surface area contributed by atoms with Crippen molar-refractivity contribution in [2.75, 3.05) is 5.32 Å². The highest BCUT2D eigenvalue weighted by Gasteiger charge is 2.10. The third kappa shape index (κ3) is 4.01. The number of rotatable bonds is 4. The molecule has 1 unspecified atom stereocenters. The summed E-state index contributed by atoms with van der Waals surface area (Å²) >= 11 is 6.89. The molecular formula is C14H17N3S2. The van der Waals surface area contributed by atoms with Crippen molar-refractivity contribution in [3.05, 3.63) is 47.0 Å². The van der Waals surface area contributed by atoms with Gasteiger partial charge in [-0.1, -0.05) is 37.3 Å². The van der Waals surface area contributed by atoms with Gasteiger partial charge in [0.25, 0.3) is 0 Å². The SMILES string of the molecule is CCC(NC(=S)Nc1nc(C)cs1)c1ccccc1. The molecule has 19 heavy (non-hydrogen) atoms. The molecule has 5 heteroatoms. The van der Waals surface area contributed by atoms with E-state index in [-0.39, 0.29) is 6.04 Å². The molecule has 1 heterocycles. The van der Waals surface area contributed by atoms with Crippen LogP contribution in [0.25, 0.3) is 0 Å². The number of anilines is 1. The van der Waals surface area contributed by atoms with Crippen molar-refractivity contribution in [3.63, 3.8) is 0 Å². The van der Waals surface area contributed by atoms with Crippen LogP contribution in [0.5, 0.6) is 0 Å². The number of thiocarbonyl (C=S) groups is 1. The van der Waals surface area contributed by atoms with Gasteiger partial charge in [-0.3, -0.25) is 0 Å². The molecule has 2 aromatic rings. The zero-order valence-corrected chi connectivity index (χ0v) is 12.6. The maximum absolute atomic E-state index is 5.33. The zero-order valence-electron chi connectivity index (χ0n) is 11.0. The van der Waals surface area contributed by atoms with Gasteiger partial charge in [0.05, 0.1) is 11.7 Å². The fourth-order valence-electron chi connectivity index (χ4n) is 1.81. The molecule has 100 valence electrons. The van der Waals surface area contributed by atoms with E-state index in [0.717, 1.165) is 17.2 Å². The van der Waals surface area contributed by atoms with Gasteiger partial charge in [-0.05, 0) is 31.1 Å². The lowest BCUT2D eigenvalue weighted by molar-refractivity contribution is 0.629. The van der Waals surface area contributed by atoms with Crippen LogP contribution in [0, 0.1) is 6.92 Å². The number of aromatic nitrogens is 1. The molecule has 2 rings (SSSR count). The lowest BCUT2D eigenvalue weighted by Crippen LogP contribution is -2.32. The maximum atomic E-state index is 5.33. The van der Waals surface area contributed by atoms with Gasteiger partial charge in [0.2, 0.25) is 0 Å². The topological polar surface area (TPSA) is 37.0 Å². The van der Waals surface area contributed by atoms with Gasteiger partial charge >= 0.3 is 0 Å². The maximum Gasteiger partial charge on any atom is 0.189 e. The lowest BCUT2D eigenvalue weighted by atomic mass is 10.1. The number of aryl methyl sites for hydroxylation is 1. The van der Waals surface area contributed by atoms with Gasteiger partial charge < -0.3 is 10.6 Å². The molecule has 1 atom stereocenters. The van der Waals surface area contributed by atoms with Crippen molar-refractivity contribution in [2.24, 2.45) is 0 Å². The Hall–Kier alpha value is -1.46. The molecule has 0 fully saturated rings. The Kier molecular flexibility index (Phi) is 4.87. The molecule has 1 aromatic heterocycles. The summed E-state index contributed by atoms with van der Waals surface area (Å²) in [4.78, 5) is 4.34. The van der Waals surface area contributed by atoms with E-state index in [4.69, 9.17) is 12.2 Å². The molecule has 0 radical (unpaired) electrons. The van der Waals surface area contributed by atoms with Crippen LogP contribution in [0.1, 0.15) is 30.6 Å².